The molecule has 5 aromatic carbocycles. The van der Waals surface area contributed by atoms with E-state index in [9.17, 15) is 5.11 Å². The highest BCUT2D eigenvalue weighted by molar-refractivity contribution is 6.11. The minimum absolute atomic E-state index is 0.0889. The summed E-state index contributed by atoms with van der Waals surface area (Å²) in [6.45, 7) is 11.3. The number of allylic oxidation sites excluding steroid dienone is 13. The van der Waals surface area contributed by atoms with Crippen LogP contribution in [-0.4, -0.2) is 38.6 Å². The number of aliphatic hydroxyl groups is 1. The van der Waals surface area contributed by atoms with Gasteiger partial charge in [0, 0.05) is 24.2 Å². The van der Waals surface area contributed by atoms with Gasteiger partial charge in [0.05, 0.1) is 13.2 Å². The summed E-state index contributed by atoms with van der Waals surface area (Å²) in [5.74, 6) is 1.72. The molecule has 0 saturated heterocycles. The molecule has 4 nitrogen and oxygen atoms in total. The van der Waals surface area contributed by atoms with Crippen molar-refractivity contribution < 1.29 is 19.3 Å². The number of fused-ring (bicyclic) bond motifs is 3. The Morgan fingerprint density at radius 3 is 2.07 bits per heavy atom. The van der Waals surface area contributed by atoms with Gasteiger partial charge >= 0.3 is 0 Å². The Bertz CT molecular complexity index is 2280. The van der Waals surface area contributed by atoms with Crippen LogP contribution in [0.15, 0.2) is 157 Å². The van der Waals surface area contributed by atoms with Crippen LogP contribution in [0.4, 0.5) is 0 Å². The molecule has 1 unspecified atom stereocenters. The lowest BCUT2D eigenvalue weighted by molar-refractivity contribution is 0.146. The second-order valence-corrected chi connectivity index (χ2v) is 13.3. The molecule has 0 spiro atoms. The van der Waals surface area contributed by atoms with E-state index in [-0.39, 0.29) is 19.1 Å². The summed E-state index contributed by atoms with van der Waals surface area (Å²) in [5, 5.41) is 14.0. The third-order valence-corrected chi connectivity index (χ3v) is 9.26. The fraction of sp³-hybridized carbons (Fsp3) is 0.231. The van der Waals surface area contributed by atoms with E-state index in [0.29, 0.717) is 19.0 Å². The van der Waals surface area contributed by atoms with Crippen LogP contribution in [0.2, 0.25) is 0 Å². The maximum atomic E-state index is 9.79. The fourth-order valence-electron chi connectivity index (χ4n) is 6.84. The summed E-state index contributed by atoms with van der Waals surface area (Å²) in [6.07, 6.45) is 25.2. The number of hydrogen-bond donors (Lipinski definition) is 1. The molecule has 0 aliphatic heterocycles. The van der Waals surface area contributed by atoms with Gasteiger partial charge in [-0.1, -0.05) is 162 Å². The Kier molecular flexibility index (Phi) is 15.9. The Morgan fingerprint density at radius 2 is 1.39 bits per heavy atom. The van der Waals surface area contributed by atoms with Gasteiger partial charge in [0.2, 0.25) is 0 Å². The first-order valence-corrected chi connectivity index (χ1v) is 19.9. The van der Waals surface area contributed by atoms with Gasteiger partial charge < -0.3 is 19.3 Å². The van der Waals surface area contributed by atoms with Crippen molar-refractivity contribution in [3.8, 4) is 22.6 Å². The van der Waals surface area contributed by atoms with Crippen molar-refractivity contribution >= 4 is 38.8 Å². The molecule has 0 aromatic heterocycles. The first-order chi connectivity index (χ1) is 27.6. The molecule has 2 aliphatic rings. The summed E-state index contributed by atoms with van der Waals surface area (Å²) in [5.41, 5.74) is 8.84. The zero-order valence-electron chi connectivity index (χ0n) is 33.8. The van der Waals surface area contributed by atoms with Crippen LogP contribution in [0, 0.1) is 5.92 Å². The fourth-order valence-corrected chi connectivity index (χ4v) is 6.84. The number of ether oxygens (including phenoxy) is 3. The molecule has 0 saturated carbocycles. The zero-order chi connectivity index (χ0) is 39.7. The van der Waals surface area contributed by atoms with Crippen molar-refractivity contribution in [2.45, 2.75) is 41.0 Å². The van der Waals surface area contributed by atoms with E-state index < -0.39 is 0 Å². The predicted octanol–water partition coefficient (Wildman–Crippen LogP) is 13.2. The minimum Gasteiger partial charge on any atom is -0.491 e. The average molecular weight is 745 g/mol. The van der Waals surface area contributed by atoms with Gasteiger partial charge in [-0.2, -0.15) is 0 Å². The number of hydrogen-bond acceptors (Lipinski definition) is 4. The van der Waals surface area contributed by atoms with Crippen LogP contribution in [-0.2, 0) is 4.74 Å². The monoisotopic (exact) mass is 744 g/mol. The molecule has 7 rings (SSSR count). The van der Waals surface area contributed by atoms with Crippen LogP contribution in [0.3, 0.4) is 0 Å². The van der Waals surface area contributed by atoms with E-state index in [0.717, 1.165) is 66.3 Å². The number of aliphatic hydroxyl groups excluding tert-OH is 1. The first-order valence-electron chi connectivity index (χ1n) is 19.9. The molecule has 5 aromatic rings. The summed E-state index contributed by atoms with van der Waals surface area (Å²) in [7, 11) is 1.68. The first kappa shape index (κ1) is 41.5. The number of benzene rings is 5. The second-order valence-electron chi connectivity index (χ2n) is 13.3. The van der Waals surface area contributed by atoms with Crippen LogP contribution < -0.4 is 9.47 Å². The maximum absolute atomic E-state index is 9.79. The van der Waals surface area contributed by atoms with Gasteiger partial charge in [-0.3, -0.25) is 0 Å². The quantitative estimate of drug-likeness (QED) is 0.0785. The summed E-state index contributed by atoms with van der Waals surface area (Å²) < 4.78 is 18.1. The van der Waals surface area contributed by atoms with E-state index in [1.165, 1.54) is 12.0 Å². The highest BCUT2D eigenvalue weighted by Crippen LogP contribution is 2.46. The van der Waals surface area contributed by atoms with Gasteiger partial charge in [-0.15, -0.1) is 0 Å². The third-order valence-electron chi connectivity index (χ3n) is 9.26. The average Bonchev–Trinajstić information content (AvgIpc) is 3.46. The predicted molar refractivity (Wildman–Crippen MR) is 240 cm³/mol. The van der Waals surface area contributed by atoms with E-state index in [2.05, 4.69) is 160 Å². The zero-order valence-corrected chi connectivity index (χ0v) is 33.8. The second kappa shape index (κ2) is 21.4. The molecule has 288 valence electrons. The molecule has 0 fully saturated rings. The molecule has 0 amide bonds. The Morgan fingerprint density at radius 1 is 0.732 bits per heavy atom. The van der Waals surface area contributed by atoms with Crippen LogP contribution in [0.1, 0.15) is 57.7 Å². The van der Waals surface area contributed by atoms with Gasteiger partial charge in [0.1, 0.15) is 24.7 Å². The Balaban J connectivity index is 0.00000115. The van der Waals surface area contributed by atoms with Crippen molar-refractivity contribution in [3.63, 3.8) is 0 Å². The molecule has 0 heterocycles. The molecule has 1 N–H and O–H groups in total. The van der Waals surface area contributed by atoms with Crippen LogP contribution in [0.25, 0.3) is 49.9 Å². The highest BCUT2D eigenvalue weighted by Gasteiger charge is 2.21. The number of methoxy groups -OCH3 is 1. The van der Waals surface area contributed by atoms with E-state index in [4.69, 9.17) is 14.2 Å². The van der Waals surface area contributed by atoms with E-state index in [1.54, 1.807) is 7.11 Å². The van der Waals surface area contributed by atoms with Crippen molar-refractivity contribution in [2.75, 3.05) is 33.5 Å². The lowest BCUT2D eigenvalue weighted by Crippen LogP contribution is -2.07. The topological polar surface area (TPSA) is 47.9 Å². The third kappa shape index (κ3) is 10.1. The molecule has 1 atom stereocenters. The van der Waals surface area contributed by atoms with Crippen molar-refractivity contribution in [1.29, 1.82) is 0 Å². The molecule has 4 heteroatoms. The number of rotatable bonds is 12. The summed E-state index contributed by atoms with van der Waals surface area (Å²) in [6, 6.07) is 31.9. The lowest BCUT2D eigenvalue weighted by atomic mass is 9.89. The van der Waals surface area contributed by atoms with Gasteiger partial charge in [-0.25, -0.2) is 0 Å². The van der Waals surface area contributed by atoms with Crippen molar-refractivity contribution in [2.24, 2.45) is 5.92 Å². The highest BCUT2D eigenvalue weighted by atomic mass is 16.5. The SMILES string of the molecule is C/C=C\C(=C/c1ccccc1)c1ccc2c(-c3c(OCCOC)ccc4cc(C5=CC=CC6C=CC=CC6=C5)ccc34)c(OCCO)ccc2c1.CC.CCC. The maximum Gasteiger partial charge on any atom is 0.128 e. The standard InChI is InChI=1S/C47H42O4.C3H8.C2H6/c1-3-10-35(29-33-11-5-4-6-12-33)38-17-21-42-40(31-38)19-23-44(50-26-25-48)46(42)47-43-22-18-39(32-41(43)20-24-45(47)51-28-27-49-2)37-16-9-15-34-13-7-8-14-36(34)30-37;1-3-2;1-2/h3-24,29-32,34,48H,25-28H2,1-2H3;3H2,1-2H3;1-2H3/b10-3-,35-29+;;. The molecular weight excluding hydrogens is 689 g/mol. The Labute approximate surface area is 334 Å². The van der Waals surface area contributed by atoms with Gasteiger partial charge in [-0.05, 0) is 92.2 Å². The largest absolute Gasteiger partial charge is 0.491 e. The van der Waals surface area contributed by atoms with Crippen LogP contribution in [0.5, 0.6) is 11.5 Å². The molecule has 0 radical (unpaired) electrons. The minimum atomic E-state index is -0.0889. The van der Waals surface area contributed by atoms with E-state index >= 15 is 0 Å². The Hall–Kier alpha value is -5.68. The molecular formula is C52H56O4. The normalized spacial score (nSPS) is 14.6. The molecule has 56 heavy (non-hydrogen) atoms. The van der Waals surface area contributed by atoms with Crippen molar-refractivity contribution in [1.82, 2.24) is 0 Å². The van der Waals surface area contributed by atoms with Gasteiger partial charge in [0.25, 0.3) is 0 Å². The smallest absolute Gasteiger partial charge is 0.128 e. The molecule has 0 bridgehead atoms. The summed E-state index contributed by atoms with van der Waals surface area (Å²) in [4.78, 5) is 0. The van der Waals surface area contributed by atoms with Gasteiger partial charge in [0.15, 0.2) is 0 Å². The van der Waals surface area contributed by atoms with Crippen molar-refractivity contribution in [3.05, 3.63) is 174 Å². The summed E-state index contributed by atoms with van der Waals surface area (Å²) >= 11 is 0. The van der Waals surface area contributed by atoms with E-state index in [1.807, 2.05) is 32.9 Å². The lowest BCUT2D eigenvalue weighted by Gasteiger charge is -2.20. The van der Waals surface area contributed by atoms with Crippen LogP contribution >= 0.6 is 0 Å². The molecule has 2 aliphatic carbocycles.